The summed E-state index contributed by atoms with van der Waals surface area (Å²) < 4.78 is 28.1. The van der Waals surface area contributed by atoms with Crippen LogP contribution in [0.5, 0.6) is 0 Å². The molecule has 3 nitrogen and oxygen atoms in total. The summed E-state index contributed by atoms with van der Waals surface area (Å²) in [5, 5.41) is 0. The summed E-state index contributed by atoms with van der Waals surface area (Å²) in [7, 11) is -3.53. The zero-order chi connectivity index (χ0) is 17.3. The first-order chi connectivity index (χ1) is 11.4. The molecular formula is C20H23NO2S. The third-order valence-electron chi connectivity index (χ3n) is 4.78. The number of aryl methyl sites for hydroxylation is 1. The summed E-state index contributed by atoms with van der Waals surface area (Å²) >= 11 is 0. The van der Waals surface area contributed by atoms with Crippen molar-refractivity contribution in [2.75, 3.05) is 6.54 Å². The summed E-state index contributed by atoms with van der Waals surface area (Å²) in [6, 6.07) is 16.9. The molecule has 0 amide bonds. The van der Waals surface area contributed by atoms with E-state index in [1.165, 1.54) is 5.57 Å². The Hall–Kier alpha value is -1.91. The highest BCUT2D eigenvalue weighted by Crippen LogP contribution is 2.37. The van der Waals surface area contributed by atoms with Crippen LogP contribution in [0, 0.1) is 6.92 Å². The van der Waals surface area contributed by atoms with E-state index < -0.39 is 10.0 Å². The van der Waals surface area contributed by atoms with Gasteiger partial charge in [0.15, 0.2) is 0 Å². The van der Waals surface area contributed by atoms with Crippen LogP contribution in [0.3, 0.4) is 0 Å². The topological polar surface area (TPSA) is 37.4 Å². The van der Waals surface area contributed by atoms with Crippen LogP contribution < -0.4 is 0 Å². The van der Waals surface area contributed by atoms with Gasteiger partial charge in [0.2, 0.25) is 10.0 Å². The van der Waals surface area contributed by atoms with Gasteiger partial charge in [0.25, 0.3) is 0 Å². The molecule has 0 aliphatic carbocycles. The second-order valence-electron chi connectivity index (χ2n) is 6.55. The normalized spacial score (nSPS) is 19.5. The Bertz CT molecular complexity index is 852. The lowest BCUT2D eigenvalue weighted by Gasteiger charge is -2.36. The minimum absolute atomic E-state index is 0.152. The number of sulfonamides is 1. The fourth-order valence-electron chi connectivity index (χ4n) is 3.10. The average Bonchev–Trinajstić information content (AvgIpc) is 2.58. The predicted octanol–water partition coefficient (Wildman–Crippen LogP) is 4.47. The fraction of sp³-hybridized carbons (Fsp3) is 0.300. The van der Waals surface area contributed by atoms with E-state index in [0.717, 1.165) is 23.1 Å². The molecule has 1 aliphatic rings. The maximum Gasteiger partial charge on any atom is 0.243 e. The molecule has 0 N–H and O–H groups in total. The summed E-state index contributed by atoms with van der Waals surface area (Å²) in [6.45, 7) is 6.53. The molecule has 2 aromatic rings. The van der Waals surface area contributed by atoms with Gasteiger partial charge in [-0.05, 0) is 44.9 Å². The van der Waals surface area contributed by atoms with Crippen molar-refractivity contribution in [1.29, 1.82) is 0 Å². The summed E-state index contributed by atoms with van der Waals surface area (Å²) in [4.78, 5) is 0.362. The molecule has 1 atom stereocenters. The standard InChI is InChI=1S/C20H23NO2S/c1-15-9-11-19(12-10-15)24(22,23)21-14-17(3)16(2)13-20(21)18-7-5-4-6-8-18/h4-12,20H,13-14H2,1-3H3/t20-/m1/s1. The molecule has 0 saturated carbocycles. The number of benzene rings is 2. The molecule has 24 heavy (non-hydrogen) atoms. The molecule has 3 rings (SSSR count). The van der Waals surface area contributed by atoms with Crippen molar-refractivity contribution in [2.45, 2.75) is 38.1 Å². The van der Waals surface area contributed by atoms with Gasteiger partial charge in [-0.2, -0.15) is 4.31 Å². The molecule has 0 fully saturated rings. The summed E-state index contributed by atoms with van der Waals surface area (Å²) in [6.07, 6.45) is 0.737. The number of hydrogen-bond acceptors (Lipinski definition) is 2. The van der Waals surface area contributed by atoms with Gasteiger partial charge in [-0.15, -0.1) is 0 Å². The maximum absolute atomic E-state index is 13.2. The van der Waals surface area contributed by atoms with Crippen LogP contribution in [-0.4, -0.2) is 19.3 Å². The molecular weight excluding hydrogens is 318 g/mol. The number of hydrogen-bond donors (Lipinski definition) is 0. The van der Waals surface area contributed by atoms with Crippen molar-refractivity contribution >= 4 is 10.0 Å². The van der Waals surface area contributed by atoms with E-state index in [0.29, 0.717) is 11.4 Å². The molecule has 126 valence electrons. The average molecular weight is 341 g/mol. The monoisotopic (exact) mass is 341 g/mol. The predicted molar refractivity (Wildman–Crippen MR) is 97.2 cm³/mol. The van der Waals surface area contributed by atoms with E-state index >= 15 is 0 Å². The molecule has 2 aromatic carbocycles. The molecule has 0 bridgehead atoms. The number of nitrogens with zero attached hydrogens (tertiary/aromatic N) is 1. The molecule has 0 unspecified atom stereocenters. The third-order valence-corrected chi connectivity index (χ3v) is 6.65. The van der Waals surface area contributed by atoms with Crippen molar-refractivity contribution in [1.82, 2.24) is 4.31 Å². The van der Waals surface area contributed by atoms with E-state index in [9.17, 15) is 8.42 Å². The van der Waals surface area contributed by atoms with Gasteiger partial charge in [-0.1, -0.05) is 59.2 Å². The Morgan fingerprint density at radius 2 is 1.50 bits per heavy atom. The Labute approximate surface area is 144 Å². The largest absolute Gasteiger partial charge is 0.243 e. The first-order valence-corrected chi connectivity index (χ1v) is 9.62. The molecule has 0 saturated heterocycles. The third kappa shape index (κ3) is 3.17. The number of rotatable bonds is 3. The van der Waals surface area contributed by atoms with Crippen LogP contribution in [-0.2, 0) is 10.0 Å². The molecule has 1 aliphatic heterocycles. The van der Waals surface area contributed by atoms with E-state index in [2.05, 4.69) is 6.92 Å². The van der Waals surface area contributed by atoms with Gasteiger partial charge >= 0.3 is 0 Å². The maximum atomic E-state index is 13.2. The Morgan fingerprint density at radius 3 is 2.12 bits per heavy atom. The minimum Gasteiger partial charge on any atom is -0.207 e. The lowest BCUT2D eigenvalue weighted by molar-refractivity contribution is 0.323. The van der Waals surface area contributed by atoms with Gasteiger partial charge in [0.1, 0.15) is 0 Å². The molecule has 1 heterocycles. The SMILES string of the molecule is CC1=C(C)CN(S(=O)(=O)c2ccc(C)cc2)[C@@H](c2ccccc2)C1. The van der Waals surface area contributed by atoms with Gasteiger partial charge in [0, 0.05) is 6.54 Å². The van der Waals surface area contributed by atoms with Crippen molar-refractivity contribution in [3.05, 3.63) is 76.9 Å². The highest BCUT2D eigenvalue weighted by Gasteiger charge is 2.35. The van der Waals surface area contributed by atoms with Gasteiger partial charge in [-0.3, -0.25) is 0 Å². The Kier molecular flexibility index (Phi) is 4.61. The zero-order valence-electron chi connectivity index (χ0n) is 14.4. The fourth-order valence-corrected chi connectivity index (χ4v) is 4.75. The summed E-state index contributed by atoms with van der Waals surface area (Å²) in [5.41, 5.74) is 4.51. The Morgan fingerprint density at radius 1 is 0.875 bits per heavy atom. The van der Waals surface area contributed by atoms with Crippen LogP contribution in [0.15, 0.2) is 70.6 Å². The van der Waals surface area contributed by atoms with Gasteiger partial charge in [0.05, 0.1) is 10.9 Å². The van der Waals surface area contributed by atoms with Crippen molar-refractivity contribution in [3.8, 4) is 0 Å². The first-order valence-electron chi connectivity index (χ1n) is 8.18. The second-order valence-corrected chi connectivity index (χ2v) is 8.45. The van der Waals surface area contributed by atoms with Crippen LogP contribution >= 0.6 is 0 Å². The summed E-state index contributed by atoms with van der Waals surface area (Å²) in [5.74, 6) is 0. The van der Waals surface area contributed by atoms with Crippen molar-refractivity contribution in [2.24, 2.45) is 0 Å². The quantitative estimate of drug-likeness (QED) is 0.773. The van der Waals surface area contributed by atoms with Crippen molar-refractivity contribution in [3.63, 3.8) is 0 Å². The van der Waals surface area contributed by atoms with E-state index in [1.54, 1.807) is 16.4 Å². The minimum atomic E-state index is -3.53. The smallest absolute Gasteiger partial charge is 0.207 e. The van der Waals surface area contributed by atoms with Gasteiger partial charge in [-0.25, -0.2) is 8.42 Å². The van der Waals surface area contributed by atoms with Gasteiger partial charge < -0.3 is 0 Å². The zero-order valence-corrected chi connectivity index (χ0v) is 15.2. The van der Waals surface area contributed by atoms with E-state index in [1.807, 2.05) is 56.3 Å². The highest BCUT2D eigenvalue weighted by molar-refractivity contribution is 7.89. The molecule has 0 spiro atoms. The molecule has 0 radical (unpaired) electrons. The molecule has 0 aromatic heterocycles. The lowest BCUT2D eigenvalue weighted by Crippen LogP contribution is -2.39. The molecule has 4 heteroatoms. The van der Waals surface area contributed by atoms with E-state index in [4.69, 9.17) is 0 Å². The van der Waals surface area contributed by atoms with Crippen LogP contribution in [0.1, 0.15) is 37.4 Å². The highest BCUT2D eigenvalue weighted by atomic mass is 32.2. The van der Waals surface area contributed by atoms with Crippen LogP contribution in [0.4, 0.5) is 0 Å². The van der Waals surface area contributed by atoms with Crippen molar-refractivity contribution < 1.29 is 8.42 Å². The lowest BCUT2D eigenvalue weighted by atomic mass is 9.93. The van der Waals surface area contributed by atoms with Crippen LogP contribution in [0.2, 0.25) is 0 Å². The Balaban J connectivity index is 2.06. The first kappa shape index (κ1) is 16.9. The van der Waals surface area contributed by atoms with E-state index in [-0.39, 0.29) is 6.04 Å². The van der Waals surface area contributed by atoms with Crippen LogP contribution in [0.25, 0.3) is 0 Å². The second kappa shape index (κ2) is 6.54.